The Balaban J connectivity index is 1.77. The molecule has 0 aromatic heterocycles. The number of hydrogen-bond acceptors (Lipinski definition) is 1. The minimum absolute atomic E-state index is 0.167. The Labute approximate surface area is 312 Å². The zero-order chi connectivity index (χ0) is 36.9. The average Bonchev–Trinajstić information content (AvgIpc) is 3.23. The summed E-state index contributed by atoms with van der Waals surface area (Å²) in [5.74, 6) is 0. The van der Waals surface area contributed by atoms with Gasteiger partial charge in [-0.3, -0.25) is 0 Å². The summed E-state index contributed by atoms with van der Waals surface area (Å²) in [6.45, 7) is 44.9. The number of benzene rings is 4. The number of hydrogen-bond donors (Lipinski definition) is 0. The van der Waals surface area contributed by atoms with Crippen LogP contribution in [0.3, 0.4) is 0 Å². The lowest BCUT2D eigenvalue weighted by atomic mass is 10.0. The Morgan fingerprint density at radius 1 is 0.620 bits per heavy atom. The lowest BCUT2D eigenvalue weighted by molar-refractivity contribution is 0.714. The van der Waals surface area contributed by atoms with Crippen LogP contribution in [-0.4, -0.2) is 54.1 Å². The lowest BCUT2D eigenvalue weighted by Crippen LogP contribution is -2.76. The standard InChI is InChI=1S/C43H66NSi6/c1-32-22-21-25-35-31-41(45(40(2,3)4)39-36-26-19-17-23-33(36)30-34-24-18-20-27-37(34)39)44(38(32)35)50(41)42(46(5,6)7,47(8,9)10)28-29-43(50,48(11,12)13)49(14,15)16/h17-27,30H,28-29,31H2,1-16H3/t41-,44?/m1/s1. The summed E-state index contributed by atoms with van der Waals surface area (Å²) in [6.07, 6.45) is 4.30. The molecule has 7 heteroatoms. The van der Waals surface area contributed by atoms with Crippen LogP contribution in [-0.2, 0) is 6.42 Å². The molecule has 0 bridgehead atoms. The molecule has 0 unspecified atom stereocenters. The van der Waals surface area contributed by atoms with Gasteiger partial charge in [0.1, 0.15) is 8.80 Å². The molecule has 7 rings (SSSR count). The van der Waals surface area contributed by atoms with Crippen molar-refractivity contribution in [2.45, 2.75) is 144 Å². The second-order valence-corrected chi connectivity index (χ2v) is 54.7. The highest BCUT2D eigenvalue weighted by Crippen LogP contribution is 2.88. The van der Waals surface area contributed by atoms with E-state index in [4.69, 9.17) is 0 Å². The molecule has 1 radical (unpaired) electrons. The first-order valence-corrected chi connectivity index (χ1v) is 37.0. The zero-order valence-corrected chi connectivity index (χ0v) is 40.5. The number of para-hydroxylation sites is 1. The molecule has 2 fully saturated rings. The molecular weight excluding hydrogens is 699 g/mol. The van der Waals surface area contributed by atoms with Crippen LogP contribution in [0.15, 0.2) is 72.8 Å². The van der Waals surface area contributed by atoms with Crippen molar-refractivity contribution in [3.63, 3.8) is 0 Å². The Morgan fingerprint density at radius 3 is 1.48 bits per heavy atom. The first-order chi connectivity index (χ1) is 22.9. The molecule has 1 nitrogen and oxygen atoms in total. The van der Waals surface area contributed by atoms with E-state index in [1.165, 1.54) is 30.0 Å². The highest BCUT2D eigenvalue weighted by Gasteiger charge is 2.99. The summed E-state index contributed by atoms with van der Waals surface area (Å²) < 4.78 is 4.56. The van der Waals surface area contributed by atoms with Gasteiger partial charge < -0.3 is 4.57 Å². The van der Waals surface area contributed by atoms with Gasteiger partial charge >= 0.3 is 0 Å². The van der Waals surface area contributed by atoms with E-state index in [2.05, 4.69) is 184 Å². The number of rotatable bonds is 6. The van der Waals surface area contributed by atoms with Gasteiger partial charge in [0.25, 0.3) is 0 Å². The van der Waals surface area contributed by atoms with Gasteiger partial charge in [-0.1, -0.05) is 179 Å². The smallest absolute Gasteiger partial charge is 0.180 e. The molecule has 3 aliphatic heterocycles. The van der Waals surface area contributed by atoms with Crippen LogP contribution in [0.2, 0.25) is 92.2 Å². The van der Waals surface area contributed by atoms with Gasteiger partial charge in [-0.05, 0) is 70.9 Å². The van der Waals surface area contributed by atoms with Crippen LogP contribution in [0, 0.1) is 6.92 Å². The second-order valence-electron chi connectivity index (χ2n) is 21.8. The molecule has 4 aromatic rings. The molecule has 2 saturated heterocycles. The van der Waals surface area contributed by atoms with E-state index in [1.54, 1.807) is 32.8 Å². The number of aryl methyl sites for hydroxylation is 1. The van der Waals surface area contributed by atoms with E-state index in [-0.39, 0.29) is 9.82 Å². The summed E-state index contributed by atoms with van der Waals surface area (Å²) in [4.78, 5) is 0.245. The predicted octanol–water partition coefficient (Wildman–Crippen LogP) is 12.4. The maximum Gasteiger partial charge on any atom is 0.180 e. The fourth-order valence-electron chi connectivity index (χ4n) is 14.4. The predicted molar refractivity (Wildman–Crippen MR) is 240 cm³/mol. The van der Waals surface area contributed by atoms with Crippen molar-refractivity contribution in [2.75, 3.05) is 4.57 Å². The SMILES string of the molecule is Cc1cccc2c1N1[C@@]([Si](c3c4ccccc4cc4ccccc34)C(C)(C)C)(C2)[Si]12C([Si](C)(C)C)([Si](C)(C)C)CCC2([Si](C)(C)C)[Si](C)(C)C. The second kappa shape index (κ2) is 10.8. The first-order valence-electron chi connectivity index (χ1n) is 19.6. The summed E-state index contributed by atoms with van der Waals surface area (Å²) in [6, 6.07) is 29.0. The largest absolute Gasteiger partial charge is 0.392 e. The summed E-state index contributed by atoms with van der Waals surface area (Å²) in [5.41, 5.74) is 4.95. The van der Waals surface area contributed by atoms with Gasteiger partial charge in [-0.25, -0.2) is 0 Å². The van der Waals surface area contributed by atoms with Gasteiger partial charge in [-0.2, -0.15) is 0 Å². The quantitative estimate of drug-likeness (QED) is 0.107. The van der Waals surface area contributed by atoms with Crippen LogP contribution in [0.5, 0.6) is 0 Å². The zero-order valence-electron chi connectivity index (χ0n) is 34.5. The third-order valence-corrected chi connectivity index (χ3v) is 59.7. The highest BCUT2D eigenvalue weighted by molar-refractivity contribution is 7.37. The number of nitrogens with zero attached hydrogens (tertiary/aromatic N) is 1. The first kappa shape index (κ1) is 36.8. The van der Waals surface area contributed by atoms with Gasteiger partial charge in [0.05, 0.1) is 0 Å². The van der Waals surface area contributed by atoms with Crippen molar-refractivity contribution in [2.24, 2.45) is 0 Å². The Kier molecular flexibility index (Phi) is 7.96. The molecule has 0 saturated carbocycles. The van der Waals surface area contributed by atoms with Crippen LogP contribution >= 0.6 is 0 Å². The molecular formula is C43H66NSi6. The van der Waals surface area contributed by atoms with Crippen molar-refractivity contribution in [3.8, 4) is 0 Å². The van der Waals surface area contributed by atoms with E-state index in [0.717, 1.165) is 0 Å². The third-order valence-electron chi connectivity index (χ3n) is 14.7. The molecule has 50 heavy (non-hydrogen) atoms. The maximum absolute atomic E-state index is 3.51. The Bertz CT molecular complexity index is 1890. The molecule has 1 atom stereocenters. The molecule has 0 N–H and O–H groups in total. The van der Waals surface area contributed by atoms with E-state index in [1.807, 2.05) is 0 Å². The number of anilines is 1. The Hall–Kier alpha value is -1.50. The summed E-state index contributed by atoms with van der Waals surface area (Å²) in [7, 11) is -10.6. The third kappa shape index (κ3) is 4.19. The van der Waals surface area contributed by atoms with E-state index in [0.29, 0.717) is 8.57 Å². The molecule has 267 valence electrons. The number of fused-ring (bicyclic) bond motifs is 7. The minimum atomic E-state index is -2.37. The fraction of sp³-hybridized carbons (Fsp3) is 0.535. The monoisotopic (exact) mass is 764 g/mol. The Morgan fingerprint density at radius 2 is 1.06 bits per heavy atom. The van der Waals surface area contributed by atoms with Crippen LogP contribution in [0.1, 0.15) is 44.7 Å². The van der Waals surface area contributed by atoms with Crippen molar-refractivity contribution < 1.29 is 0 Å². The lowest BCUT2D eigenvalue weighted by Gasteiger charge is -2.62. The maximum atomic E-state index is 3.51. The molecule has 1 spiro atoms. The molecule has 4 aromatic carbocycles. The summed E-state index contributed by atoms with van der Waals surface area (Å²) in [5, 5.41) is 7.90. The fourth-order valence-corrected chi connectivity index (χ4v) is 78.3. The molecule has 3 heterocycles. The van der Waals surface area contributed by atoms with Crippen molar-refractivity contribution in [1.82, 2.24) is 0 Å². The van der Waals surface area contributed by atoms with Crippen LogP contribution in [0.4, 0.5) is 5.69 Å². The summed E-state index contributed by atoms with van der Waals surface area (Å²) >= 11 is 0. The van der Waals surface area contributed by atoms with Gasteiger partial charge in [0.2, 0.25) is 0 Å². The van der Waals surface area contributed by atoms with Gasteiger partial charge in [0.15, 0.2) is 8.24 Å². The van der Waals surface area contributed by atoms with E-state index >= 15 is 0 Å². The van der Waals surface area contributed by atoms with Gasteiger partial charge in [0, 0.05) is 42.8 Å². The van der Waals surface area contributed by atoms with Crippen molar-refractivity contribution in [3.05, 3.63) is 83.9 Å². The van der Waals surface area contributed by atoms with Gasteiger partial charge in [-0.15, -0.1) is 0 Å². The normalized spacial score (nSPS) is 22.9. The average molecular weight is 766 g/mol. The minimum Gasteiger partial charge on any atom is -0.392 e. The molecule has 0 amide bonds. The highest BCUT2D eigenvalue weighted by atomic mass is 28.5. The molecule has 3 aliphatic rings. The van der Waals surface area contributed by atoms with E-state index < -0.39 is 49.3 Å². The molecule has 0 aliphatic carbocycles. The topological polar surface area (TPSA) is 3.01 Å². The van der Waals surface area contributed by atoms with Crippen LogP contribution < -0.4 is 9.75 Å². The van der Waals surface area contributed by atoms with E-state index in [9.17, 15) is 0 Å². The van der Waals surface area contributed by atoms with Crippen molar-refractivity contribution in [1.29, 1.82) is 0 Å². The van der Waals surface area contributed by atoms with Crippen molar-refractivity contribution >= 4 is 81.7 Å². The van der Waals surface area contributed by atoms with Crippen LogP contribution in [0.25, 0.3) is 21.5 Å².